The van der Waals surface area contributed by atoms with Gasteiger partial charge in [0.25, 0.3) is 0 Å². The first-order valence-corrected chi connectivity index (χ1v) is 8.47. The predicted octanol–water partition coefficient (Wildman–Crippen LogP) is 3.53. The van der Waals surface area contributed by atoms with Gasteiger partial charge in [0.1, 0.15) is 9.05 Å². The van der Waals surface area contributed by atoms with Crippen molar-refractivity contribution in [3.63, 3.8) is 0 Å². The quantitative estimate of drug-likeness (QED) is 0.714. The monoisotopic (exact) mass is 413 g/mol. The number of rotatable bonds is 1. The Balaban J connectivity index is 2.10. The van der Waals surface area contributed by atoms with Gasteiger partial charge in [-0.05, 0) is 25.5 Å². The molecule has 1 aliphatic heterocycles. The van der Waals surface area contributed by atoms with Crippen molar-refractivity contribution < 1.29 is 4.79 Å². The van der Waals surface area contributed by atoms with Crippen LogP contribution in [0.1, 0.15) is 27.2 Å². The number of nitrogens with one attached hydrogen (secondary N) is 1. The van der Waals surface area contributed by atoms with Crippen LogP contribution in [0.3, 0.4) is 0 Å². The maximum Gasteiger partial charge on any atom is 0.190 e. The van der Waals surface area contributed by atoms with Crippen molar-refractivity contribution in [2.24, 2.45) is 5.41 Å². The molecule has 2 heterocycles. The number of halogens is 2. The van der Waals surface area contributed by atoms with Gasteiger partial charge in [0.2, 0.25) is 0 Å². The summed E-state index contributed by atoms with van der Waals surface area (Å²) in [7, 11) is 0. The summed E-state index contributed by atoms with van der Waals surface area (Å²) >= 11 is 7.18. The normalized spacial score (nSPS) is 27.0. The molecule has 21 heavy (non-hydrogen) atoms. The van der Waals surface area contributed by atoms with Crippen molar-refractivity contribution in [2.75, 3.05) is 5.01 Å². The molecule has 1 aliphatic carbocycles. The van der Waals surface area contributed by atoms with Gasteiger partial charge in [0.15, 0.2) is 5.78 Å². The molecule has 1 atom stereocenters. The highest BCUT2D eigenvalue weighted by Gasteiger charge is 2.55. The lowest BCUT2D eigenvalue weighted by Gasteiger charge is -2.42. The van der Waals surface area contributed by atoms with Crippen LogP contribution < -0.4 is 10.4 Å². The zero-order chi connectivity index (χ0) is 15.4. The average molecular weight is 415 g/mol. The Labute approximate surface area is 141 Å². The molecule has 0 saturated heterocycles. The number of hydrazine groups is 1. The lowest BCUT2D eigenvalue weighted by Crippen LogP contribution is -2.46. The van der Waals surface area contributed by atoms with Crippen LogP contribution in [0.15, 0.2) is 35.7 Å². The second-order valence-corrected chi connectivity index (χ2v) is 9.64. The van der Waals surface area contributed by atoms with Crippen LogP contribution in [0.25, 0.3) is 0 Å². The van der Waals surface area contributed by atoms with Gasteiger partial charge < -0.3 is 0 Å². The number of allylic oxidation sites excluding steroid dienone is 1. The van der Waals surface area contributed by atoms with Crippen LogP contribution in [0.2, 0.25) is 0 Å². The number of aromatic nitrogens is 1. The molecular formula is C15H17Br2N3O. The SMILES string of the molecule is CC1NN(c2ccccn2)C2=C1C(=O)C(Br)(Br)C(C)(C)C2. The summed E-state index contributed by atoms with van der Waals surface area (Å²) in [5.41, 5.74) is 4.95. The molecule has 112 valence electrons. The van der Waals surface area contributed by atoms with Gasteiger partial charge in [-0.1, -0.05) is 51.8 Å². The van der Waals surface area contributed by atoms with Crippen LogP contribution in [0.4, 0.5) is 5.82 Å². The molecular weight excluding hydrogens is 398 g/mol. The van der Waals surface area contributed by atoms with Gasteiger partial charge in [0, 0.05) is 22.9 Å². The Morgan fingerprint density at radius 2 is 2.10 bits per heavy atom. The molecule has 0 spiro atoms. The summed E-state index contributed by atoms with van der Waals surface area (Å²) in [6, 6.07) is 5.75. The standard InChI is InChI=1S/C15H17Br2N3O/c1-9-12-10(8-14(2,3)15(16,17)13(12)21)20(19-9)11-6-4-5-7-18-11/h4-7,9,19H,8H2,1-3H3. The molecule has 4 nitrogen and oxygen atoms in total. The third-order valence-corrected chi connectivity index (χ3v) is 7.07. The summed E-state index contributed by atoms with van der Waals surface area (Å²) in [6.07, 6.45) is 2.54. The number of hydrogen-bond acceptors (Lipinski definition) is 4. The van der Waals surface area contributed by atoms with Crippen molar-refractivity contribution in [2.45, 2.75) is 36.5 Å². The molecule has 2 aliphatic rings. The van der Waals surface area contributed by atoms with Crippen LogP contribution in [-0.4, -0.2) is 20.0 Å². The summed E-state index contributed by atoms with van der Waals surface area (Å²) in [5, 5.41) is 1.95. The highest BCUT2D eigenvalue weighted by Crippen LogP contribution is 2.55. The first-order chi connectivity index (χ1) is 9.75. The maximum absolute atomic E-state index is 12.9. The van der Waals surface area contributed by atoms with Gasteiger partial charge >= 0.3 is 0 Å². The number of anilines is 1. The fourth-order valence-electron chi connectivity index (χ4n) is 2.90. The van der Waals surface area contributed by atoms with E-state index in [1.807, 2.05) is 30.1 Å². The summed E-state index contributed by atoms with van der Waals surface area (Å²) < 4.78 is -0.720. The Morgan fingerprint density at radius 3 is 2.71 bits per heavy atom. The van der Waals surface area contributed by atoms with E-state index in [4.69, 9.17) is 0 Å². The Kier molecular flexibility index (Phi) is 3.54. The van der Waals surface area contributed by atoms with E-state index in [0.717, 1.165) is 23.5 Å². The third kappa shape index (κ3) is 2.19. The first-order valence-electron chi connectivity index (χ1n) is 6.89. The maximum atomic E-state index is 12.9. The minimum Gasteiger partial charge on any atom is -0.292 e. The van der Waals surface area contributed by atoms with E-state index in [9.17, 15) is 4.79 Å². The molecule has 0 bridgehead atoms. The molecule has 0 radical (unpaired) electrons. The number of carbonyl (C=O) groups is 1. The minimum absolute atomic E-state index is 0.0277. The van der Waals surface area contributed by atoms with Gasteiger partial charge in [-0.3, -0.25) is 9.80 Å². The minimum atomic E-state index is -0.720. The van der Waals surface area contributed by atoms with Crippen molar-refractivity contribution in [3.05, 3.63) is 35.7 Å². The van der Waals surface area contributed by atoms with Crippen LogP contribution >= 0.6 is 31.9 Å². The Morgan fingerprint density at radius 1 is 1.38 bits per heavy atom. The van der Waals surface area contributed by atoms with Gasteiger partial charge in [0.05, 0.1) is 6.04 Å². The van der Waals surface area contributed by atoms with E-state index in [1.54, 1.807) is 6.20 Å². The fourth-order valence-corrected chi connectivity index (χ4v) is 3.61. The molecule has 1 unspecified atom stereocenters. The lowest BCUT2D eigenvalue weighted by atomic mass is 9.74. The van der Waals surface area contributed by atoms with Crippen molar-refractivity contribution in [1.29, 1.82) is 0 Å². The van der Waals surface area contributed by atoms with E-state index in [0.29, 0.717) is 0 Å². The molecule has 1 aromatic heterocycles. The Hall–Kier alpha value is -0.720. The van der Waals surface area contributed by atoms with Crippen LogP contribution in [0, 0.1) is 5.41 Å². The molecule has 0 aromatic carbocycles. The lowest BCUT2D eigenvalue weighted by molar-refractivity contribution is -0.118. The topological polar surface area (TPSA) is 45.2 Å². The van der Waals surface area contributed by atoms with Gasteiger partial charge in [-0.25, -0.2) is 10.4 Å². The highest BCUT2D eigenvalue weighted by atomic mass is 79.9. The average Bonchev–Trinajstić information content (AvgIpc) is 2.74. The number of ketones is 1. The molecule has 0 fully saturated rings. The van der Waals surface area contributed by atoms with E-state index in [1.165, 1.54) is 0 Å². The van der Waals surface area contributed by atoms with Crippen molar-refractivity contribution >= 4 is 43.5 Å². The van der Waals surface area contributed by atoms with Crippen LogP contribution in [-0.2, 0) is 4.79 Å². The predicted molar refractivity (Wildman–Crippen MR) is 90.3 cm³/mol. The zero-order valence-electron chi connectivity index (χ0n) is 12.2. The number of Topliss-reactive ketones (excluding diaryl/α,β-unsaturated/α-hetero) is 1. The number of nitrogens with zero attached hydrogens (tertiary/aromatic N) is 2. The molecule has 1 N–H and O–H groups in total. The molecule has 0 amide bonds. The summed E-state index contributed by atoms with van der Waals surface area (Å²) in [6.45, 7) is 6.17. The number of hydrogen-bond donors (Lipinski definition) is 1. The zero-order valence-corrected chi connectivity index (χ0v) is 15.3. The number of alkyl halides is 2. The van der Waals surface area contributed by atoms with Gasteiger partial charge in [-0.15, -0.1) is 0 Å². The second kappa shape index (κ2) is 4.89. The smallest absolute Gasteiger partial charge is 0.190 e. The van der Waals surface area contributed by atoms with Crippen molar-refractivity contribution in [1.82, 2.24) is 10.4 Å². The largest absolute Gasteiger partial charge is 0.292 e. The second-order valence-electron chi connectivity index (χ2n) is 6.20. The molecule has 6 heteroatoms. The molecule has 3 rings (SSSR count). The van der Waals surface area contributed by atoms with E-state index in [2.05, 4.69) is 56.1 Å². The Bertz CT molecular complexity index is 625. The van der Waals surface area contributed by atoms with Crippen molar-refractivity contribution in [3.8, 4) is 0 Å². The van der Waals surface area contributed by atoms with E-state index >= 15 is 0 Å². The van der Waals surface area contributed by atoms with Crippen LogP contribution in [0.5, 0.6) is 0 Å². The fraction of sp³-hybridized carbons (Fsp3) is 0.467. The summed E-state index contributed by atoms with van der Waals surface area (Å²) in [4.78, 5) is 17.3. The number of carbonyl (C=O) groups excluding carboxylic acids is 1. The molecule has 1 aromatic rings. The van der Waals surface area contributed by atoms with Gasteiger partial charge in [-0.2, -0.15) is 0 Å². The molecule has 0 saturated carbocycles. The summed E-state index contributed by atoms with van der Waals surface area (Å²) in [5.74, 6) is 0.904. The van der Waals surface area contributed by atoms with E-state index in [-0.39, 0.29) is 17.2 Å². The van der Waals surface area contributed by atoms with E-state index < -0.39 is 3.23 Å². The third-order valence-electron chi connectivity index (χ3n) is 4.20. The highest BCUT2D eigenvalue weighted by molar-refractivity contribution is 9.26. The number of pyridine rings is 1. The first kappa shape index (κ1) is 15.2.